The fourth-order valence-electron chi connectivity index (χ4n) is 16.4. The molecular formula is C46H86B2N4. The van der Waals surface area contributed by atoms with Crippen LogP contribution in [-0.2, 0) is 0 Å². The first-order valence-electron chi connectivity index (χ1n) is 23.5. The zero-order valence-corrected chi connectivity index (χ0v) is 37.2. The van der Waals surface area contributed by atoms with Crippen molar-refractivity contribution in [2.75, 3.05) is 0 Å². The van der Waals surface area contributed by atoms with Gasteiger partial charge >= 0.3 is 0 Å². The van der Waals surface area contributed by atoms with Gasteiger partial charge < -0.3 is 9.62 Å². The summed E-state index contributed by atoms with van der Waals surface area (Å²) in [4.78, 5) is 12.3. The molecule has 0 N–H and O–H groups in total. The summed E-state index contributed by atoms with van der Waals surface area (Å²) in [5.74, 6) is 5.25. The van der Waals surface area contributed by atoms with E-state index in [9.17, 15) is 0 Å². The zero-order valence-electron chi connectivity index (χ0n) is 37.2. The minimum Gasteiger partial charge on any atom is -0.335 e. The molecule has 8 aliphatic rings. The first kappa shape index (κ1) is 40.2. The van der Waals surface area contributed by atoms with Gasteiger partial charge in [-0.2, -0.15) is 0 Å². The lowest BCUT2D eigenvalue weighted by molar-refractivity contribution is -0.0331. The fourth-order valence-corrected chi connectivity index (χ4v) is 16.4. The largest absolute Gasteiger partial charge is 0.335 e. The molecule has 8 fully saturated rings. The Morgan fingerprint density at radius 2 is 0.731 bits per heavy atom. The highest BCUT2D eigenvalue weighted by atomic mass is 15.3. The Morgan fingerprint density at radius 1 is 0.423 bits per heavy atom. The Bertz CT molecular complexity index is 1130. The summed E-state index contributed by atoms with van der Waals surface area (Å²) in [6, 6.07) is 4.14. The molecule has 0 spiro atoms. The highest BCUT2D eigenvalue weighted by Crippen LogP contribution is 2.61. The van der Waals surface area contributed by atoms with Crippen molar-refractivity contribution in [2.45, 2.75) is 271 Å². The van der Waals surface area contributed by atoms with E-state index in [0.717, 1.165) is 61.1 Å². The van der Waals surface area contributed by atoms with Gasteiger partial charge in [0.15, 0.2) is 0 Å². The van der Waals surface area contributed by atoms with Crippen LogP contribution in [0.15, 0.2) is 0 Å². The summed E-state index contributed by atoms with van der Waals surface area (Å²) < 4.78 is 0. The van der Waals surface area contributed by atoms with Crippen molar-refractivity contribution >= 4 is 13.7 Å². The molecular weight excluding hydrogens is 630 g/mol. The summed E-state index contributed by atoms with van der Waals surface area (Å²) in [6.07, 6.45) is 23.3. The Hall–Kier alpha value is -0.0301. The number of rotatable bonds is 4. The third-order valence-electron chi connectivity index (χ3n) is 19.0. The van der Waals surface area contributed by atoms with Crippen molar-refractivity contribution in [3.8, 4) is 0 Å². The van der Waals surface area contributed by atoms with E-state index in [2.05, 4.69) is 116 Å². The second-order valence-corrected chi connectivity index (χ2v) is 22.9. The molecule has 52 heavy (non-hydrogen) atoms. The molecule has 6 atom stereocenters. The standard InChI is InChI=1S/2C23H43BN2/c2*1-16(2)25-21-18-10-8-12-19(13-9-11-18)24(21)26(17(3)4)20-14-15-23(25,7)22(20,5)6/h2*16-21H,8-15H2,1-7H3/t2*18?,19?,20-,21-,23+/m00/s1. The maximum atomic E-state index is 3.09. The van der Waals surface area contributed by atoms with Crippen LogP contribution in [0.3, 0.4) is 0 Å². The predicted molar refractivity (Wildman–Crippen MR) is 227 cm³/mol. The van der Waals surface area contributed by atoms with Crippen LogP contribution in [0.5, 0.6) is 0 Å². The van der Waals surface area contributed by atoms with E-state index in [1.807, 2.05) is 0 Å². The van der Waals surface area contributed by atoms with Gasteiger partial charge in [0.05, 0.1) is 0 Å². The van der Waals surface area contributed by atoms with Crippen molar-refractivity contribution in [1.82, 2.24) is 19.4 Å². The maximum absolute atomic E-state index is 3.09. The lowest BCUT2D eigenvalue weighted by Crippen LogP contribution is -2.65. The van der Waals surface area contributed by atoms with E-state index in [-0.39, 0.29) is 0 Å². The van der Waals surface area contributed by atoms with E-state index in [0.29, 0.717) is 46.1 Å². The number of hydrogen-bond acceptors (Lipinski definition) is 4. The molecule has 0 aromatic rings. The molecule has 6 heteroatoms. The molecule has 8 rings (SSSR count). The summed E-state index contributed by atoms with van der Waals surface area (Å²) in [6.45, 7) is 37.2. The second kappa shape index (κ2) is 14.4. The highest BCUT2D eigenvalue weighted by Gasteiger charge is 2.67. The van der Waals surface area contributed by atoms with Crippen molar-refractivity contribution < 1.29 is 0 Å². The number of hydrogen-bond donors (Lipinski definition) is 0. The maximum Gasteiger partial charge on any atom is 0.245 e. The van der Waals surface area contributed by atoms with Crippen molar-refractivity contribution in [2.24, 2.45) is 22.7 Å². The Morgan fingerprint density at radius 3 is 1.00 bits per heavy atom. The van der Waals surface area contributed by atoms with E-state index in [4.69, 9.17) is 0 Å². The first-order chi connectivity index (χ1) is 24.4. The highest BCUT2D eigenvalue weighted by molar-refractivity contribution is 6.60. The monoisotopic (exact) mass is 717 g/mol. The van der Waals surface area contributed by atoms with Crippen LogP contribution < -0.4 is 0 Å². The minimum absolute atomic E-state index is 0.343. The topological polar surface area (TPSA) is 13.0 Å². The molecule has 4 nitrogen and oxygen atoms in total. The molecule has 2 saturated carbocycles. The lowest BCUT2D eigenvalue weighted by atomic mass is 9.41. The Kier molecular flexibility index (Phi) is 11.1. The molecule has 0 aromatic carbocycles. The van der Waals surface area contributed by atoms with Crippen LogP contribution in [0, 0.1) is 22.7 Å². The molecule has 296 valence electrons. The fraction of sp³-hybridized carbons (Fsp3) is 1.00. The van der Waals surface area contributed by atoms with Gasteiger partial charge in [0, 0.05) is 47.1 Å². The quantitative estimate of drug-likeness (QED) is 0.269. The molecule has 2 aliphatic carbocycles. The van der Waals surface area contributed by atoms with Crippen molar-refractivity contribution in [3.63, 3.8) is 0 Å². The summed E-state index contributed by atoms with van der Waals surface area (Å²) in [5.41, 5.74) is 1.41. The van der Waals surface area contributed by atoms with Gasteiger partial charge in [-0.1, -0.05) is 107 Å². The van der Waals surface area contributed by atoms with Crippen molar-refractivity contribution in [3.05, 3.63) is 0 Å². The van der Waals surface area contributed by atoms with E-state index >= 15 is 0 Å². The normalized spacial score (nSPS) is 43.5. The van der Waals surface area contributed by atoms with Crippen LogP contribution in [0.1, 0.15) is 200 Å². The van der Waals surface area contributed by atoms with Crippen molar-refractivity contribution in [1.29, 1.82) is 0 Å². The summed E-state index contributed by atoms with van der Waals surface area (Å²) in [5, 5.41) is 0. The summed E-state index contributed by atoms with van der Waals surface area (Å²) >= 11 is 0. The van der Waals surface area contributed by atoms with E-state index in [1.165, 1.54) is 103 Å². The average molecular weight is 717 g/mol. The van der Waals surface area contributed by atoms with Gasteiger partial charge in [-0.25, -0.2) is 0 Å². The number of fused-ring (bicyclic) bond motifs is 4. The van der Waals surface area contributed by atoms with Crippen LogP contribution >= 0.6 is 0 Å². The Labute approximate surface area is 325 Å². The van der Waals surface area contributed by atoms with Gasteiger partial charge in [-0.05, 0) is 139 Å². The Balaban J connectivity index is 0.000000162. The van der Waals surface area contributed by atoms with Gasteiger partial charge in [0.25, 0.3) is 0 Å². The zero-order chi connectivity index (χ0) is 37.7. The molecule has 0 aromatic heterocycles. The third-order valence-corrected chi connectivity index (χ3v) is 19.0. The molecule has 6 saturated heterocycles. The molecule has 0 radical (unpaired) electrons. The van der Waals surface area contributed by atoms with Crippen LogP contribution in [-0.4, -0.2) is 92.3 Å². The molecule has 0 amide bonds. The molecule has 6 aliphatic heterocycles. The molecule has 0 unspecified atom stereocenters. The smallest absolute Gasteiger partial charge is 0.245 e. The van der Waals surface area contributed by atoms with Crippen LogP contribution in [0.25, 0.3) is 0 Å². The first-order valence-corrected chi connectivity index (χ1v) is 23.5. The van der Waals surface area contributed by atoms with Gasteiger partial charge in [-0.3, -0.25) is 9.80 Å². The number of nitrogens with zero attached hydrogens (tertiary/aromatic N) is 4. The SMILES string of the molecule is CC(C)N1B2C3CCCC(CCC3)[C@@H]2N(C(C)C)[C@]2(C)CC[C@H]1C2(C)C.CC(C)N1B2C3CCCC(CCC3)[C@@H]2N(C(C)C)[C@]2(C)CC[C@H]1C2(C)C. The summed E-state index contributed by atoms with van der Waals surface area (Å²) in [7, 11) is 0. The van der Waals surface area contributed by atoms with Gasteiger partial charge in [0.1, 0.15) is 0 Å². The van der Waals surface area contributed by atoms with E-state index < -0.39 is 0 Å². The minimum atomic E-state index is 0.343. The van der Waals surface area contributed by atoms with Crippen LogP contribution in [0.2, 0.25) is 11.6 Å². The average Bonchev–Trinajstić information content (AvgIpc) is 3.23. The van der Waals surface area contributed by atoms with Gasteiger partial charge in [-0.15, -0.1) is 0 Å². The van der Waals surface area contributed by atoms with Crippen LogP contribution in [0.4, 0.5) is 0 Å². The molecule has 6 heterocycles. The molecule has 8 bridgehead atoms. The van der Waals surface area contributed by atoms with E-state index in [1.54, 1.807) is 0 Å². The third kappa shape index (κ3) is 5.95. The second-order valence-electron chi connectivity index (χ2n) is 22.9. The lowest BCUT2D eigenvalue weighted by Gasteiger charge is -2.54. The van der Waals surface area contributed by atoms with Gasteiger partial charge in [0.2, 0.25) is 13.7 Å². The predicted octanol–water partition coefficient (Wildman–Crippen LogP) is 11.2.